The Kier molecular flexibility index (Phi) is 5.48. The molecule has 21 heavy (non-hydrogen) atoms. The smallest absolute Gasteiger partial charge is 0.146 e. The summed E-state index contributed by atoms with van der Waals surface area (Å²) in [4.78, 5) is 7.06. The van der Waals surface area contributed by atoms with Crippen LogP contribution >= 0.6 is 11.6 Å². The normalized spacial score (nSPS) is 11.8. The van der Waals surface area contributed by atoms with Gasteiger partial charge in [0.25, 0.3) is 0 Å². The summed E-state index contributed by atoms with van der Waals surface area (Å²) < 4.78 is 7.68. The van der Waals surface area contributed by atoms with Crippen LogP contribution < -0.4 is 4.74 Å². The zero-order valence-corrected chi connectivity index (χ0v) is 14.0. The monoisotopic (exact) mass is 309 g/mol. The van der Waals surface area contributed by atoms with Crippen molar-refractivity contribution in [3.05, 3.63) is 24.0 Å². The third kappa shape index (κ3) is 3.50. The van der Waals surface area contributed by atoms with Gasteiger partial charge in [-0.1, -0.05) is 6.07 Å². The van der Waals surface area contributed by atoms with Gasteiger partial charge in [0, 0.05) is 31.4 Å². The molecule has 2 aromatic rings. The number of benzene rings is 1. The molecule has 0 saturated heterocycles. The van der Waals surface area contributed by atoms with Gasteiger partial charge in [-0.2, -0.15) is 0 Å². The summed E-state index contributed by atoms with van der Waals surface area (Å²) in [7, 11) is 3.83. The summed E-state index contributed by atoms with van der Waals surface area (Å²) in [5, 5.41) is 0. The maximum atomic E-state index is 5.93. The standard InChI is InChI=1S/C16H24ClN3O/c1-12(2)19(3)10-11-20-13-6-5-7-14(21-4)16(13)18-15(20)8-9-17/h5-7,12H,8-11H2,1-4H3. The molecule has 0 amide bonds. The minimum atomic E-state index is 0.533. The predicted octanol–water partition coefficient (Wildman–Crippen LogP) is 3.17. The lowest BCUT2D eigenvalue weighted by Gasteiger charge is -2.21. The maximum absolute atomic E-state index is 5.93. The van der Waals surface area contributed by atoms with Crippen molar-refractivity contribution in [1.82, 2.24) is 14.5 Å². The van der Waals surface area contributed by atoms with Crippen molar-refractivity contribution in [3.63, 3.8) is 0 Å². The number of likely N-dealkylation sites (N-methyl/N-ethyl adjacent to an activating group) is 1. The number of hydrogen-bond acceptors (Lipinski definition) is 3. The number of para-hydroxylation sites is 1. The Hall–Kier alpha value is -1.26. The number of ether oxygens (including phenoxy) is 1. The lowest BCUT2D eigenvalue weighted by Crippen LogP contribution is -2.30. The molecule has 1 aromatic heterocycles. The average Bonchev–Trinajstić information content (AvgIpc) is 2.82. The van der Waals surface area contributed by atoms with Crippen molar-refractivity contribution in [2.24, 2.45) is 0 Å². The van der Waals surface area contributed by atoms with Crippen molar-refractivity contribution < 1.29 is 4.74 Å². The fraction of sp³-hybridized carbons (Fsp3) is 0.562. The van der Waals surface area contributed by atoms with Gasteiger partial charge < -0.3 is 14.2 Å². The van der Waals surface area contributed by atoms with E-state index in [1.54, 1.807) is 7.11 Å². The minimum absolute atomic E-state index is 0.533. The van der Waals surface area contributed by atoms with E-state index in [2.05, 4.69) is 36.4 Å². The number of methoxy groups -OCH3 is 1. The molecule has 1 aromatic carbocycles. The molecule has 4 nitrogen and oxygen atoms in total. The van der Waals surface area contributed by atoms with Crippen LogP contribution in [0.25, 0.3) is 11.0 Å². The van der Waals surface area contributed by atoms with Crippen LogP contribution in [0.3, 0.4) is 0 Å². The van der Waals surface area contributed by atoms with Crippen molar-refractivity contribution in [3.8, 4) is 5.75 Å². The van der Waals surface area contributed by atoms with E-state index in [0.29, 0.717) is 11.9 Å². The first-order valence-electron chi connectivity index (χ1n) is 7.36. The van der Waals surface area contributed by atoms with E-state index in [1.165, 1.54) is 0 Å². The molecule has 0 aliphatic heterocycles. The molecule has 0 aliphatic carbocycles. The van der Waals surface area contributed by atoms with Gasteiger partial charge in [0.15, 0.2) is 0 Å². The molecule has 1 heterocycles. The molecule has 0 bridgehead atoms. The van der Waals surface area contributed by atoms with Gasteiger partial charge in [0.05, 0.1) is 12.6 Å². The SMILES string of the molecule is COc1cccc2c1nc(CCCl)n2CCN(C)C(C)C. The predicted molar refractivity (Wildman–Crippen MR) is 88.5 cm³/mol. The largest absolute Gasteiger partial charge is 0.494 e. The summed E-state index contributed by atoms with van der Waals surface area (Å²) in [5.74, 6) is 2.42. The average molecular weight is 310 g/mol. The maximum Gasteiger partial charge on any atom is 0.146 e. The first kappa shape index (κ1) is 16.1. The third-order valence-corrected chi connectivity index (χ3v) is 4.11. The van der Waals surface area contributed by atoms with Crippen molar-refractivity contribution in [2.75, 3.05) is 26.6 Å². The van der Waals surface area contributed by atoms with Gasteiger partial charge in [-0.05, 0) is 33.0 Å². The third-order valence-electron chi connectivity index (χ3n) is 3.92. The Labute approximate surface area is 131 Å². The highest BCUT2D eigenvalue weighted by atomic mass is 35.5. The molecule has 0 spiro atoms. The first-order valence-corrected chi connectivity index (χ1v) is 7.90. The van der Waals surface area contributed by atoms with Crippen LogP contribution in [0.4, 0.5) is 0 Å². The molecule has 116 valence electrons. The van der Waals surface area contributed by atoms with E-state index in [-0.39, 0.29) is 0 Å². The Bertz CT molecular complexity index is 594. The number of nitrogens with zero attached hydrogens (tertiary/aromatic N) is 3. The van der Waals surface area contributed by atoms with Crippen LogP contribution in [-0.2, 0) is 13.0 Å². The molecule has 0 N–H and O–H groups in total. The second-order valence-electron chi connectivity index (χ2n) is 5.52. The molecule has 0 unspecified atom stereocenters. The molecule has 2 rings (SSSR count). The van der Waals surface area contributed by atoms with Gasteiger partial charge >= 0.3 is 0 Å². The van der Waals surface area contributed by atoms with E-state index in [9.17, 15) is 0 Å². The number of halogens is 1. The van der Waals surface area contributed by atoms with Crippen molar-refractivity contribution in [2.45, 2.75) is 32.9 Å². The quantitative estimate of drug-likeness (QED) is 0.736. The van der Waals surface area contributed by atoms with Crippen LogP contribution in [0.15, 0.2) is 18.2 Å². The molecule has 0 aliphatic rings. The second kappa shape index (κ2) is 7.14. The summed E-state index contributed by atoms with van der Waals surface area (Å²) in [5.41, 5.74) is 2.04. The highest BCUT2D eigenvalue weighted by molar-refractivity contribution is 6.17. The van der Waals surface area contributed by atoms with Gasteiger partial charge in [-0.25, -0.2) is 4.98 Å². The van der Waals surface area contributed by atoms with Crippen LogP contribution in [-0.4, -0.2) is 47.1 Å². The molecular formula is C16H24ClN3O. The summed E-state index contributed by atoms with van der Waals surface area (Å²) in [6.45, 7) is 6.30. The summed E-state index contributed by atoms with van der Waals surface area (Å²) in [6.07, 6.45) is 0.769. The zero-order chi connectivity index (χ0) is 15.4. The van der Waals surface area contributed by atoms with Gasteiger partial charge in [0.1, 0.15) is 17.1 Å². The second-order valence-corrected chi connectivity index (χ2v) is 5.90. The Morgan fingerprint density at radius 3 is 2.76 bits per heavy atom. The lowest BCUT2D eigenvalue weighted by atomic mass is 10.3. The molecule has 0 atom stereocenters. The van der Waals surface area contributed by atoms with E-state index in [4.69, 9.17) is 21.3 Å². The van der Waals surface area contributed by atoms with Crippen LogP contribution in [0.5, 0.6) is 5.75 Å². The number of aromatic nitrogens is 2. The van der Waals surface area contributed by atoms with Crippen LogP contribution in [0.1, 0.15) is 19.7 Å². The van der Waals surface area contributed by atoms with E-state index in [1.807, 2.05) is 12.1 Å². The summed E-state index contributed by atoms with van der Waals surface area (Å²) >= 11 is 5.93. The van der Waals surface area contributed by atoms with Crippen molar-refractivity contribution in [1.29, 1.82) is 0 Å². The number of imidazole rings is 1. The minimum Gasteiger partial charge on any atom is -0.494 e. The lowest BCUT2D eigenvalue weighted by molar-refractivity contribution is 0.263. The number of hydrogen-bond donors (Lipinski definition) is 0. The fourth-order valence-electron chi connectivity index (χ4n) is 2.37. The zero-order valence-electron chi connectivity index (χ0n) is 13.3. The fourth-order valence-corrected chi connectivity index (χ4v) is 2.54. The highest BCUT2D eigenvalue weighted by Gasteiger charge is 2.14. The van der Waals surface area contributed by atoms with E-state index < -0.39 is 0 Å². The molecular weight excluding hydrogens is 286 g/mol. The molecule has 0 saturated carbocycles. The number of aryl methyl sites for hydroxylation is 1. The van der Waals surface area contributed by atoms with Gasteiger partial charge in [-0.3, -0.25) is 0 Å². The van der Waals surface area contributed by atoms with Gasteiger partial charge in [-0.15, -0.1) is 11.6 Å². The first-order chi connectivity index (χ1) is 10.1. The Morgan fingerprint density at radius 2 is 2.14 bits per heavy atom. The van der Waals surface area contributed by atoms with Crippen molar-refractivity contribution >= 4 is 22.6 Å². The number of rotatable bonds is 7. The highest BCUT2D eigenvalue weighted by Crippen LogP contribution is 2.26. The van der Waals surface area contributed by atoms with E-state index >= 15 is 0 Å². The number of alkyl halides is 1. The van der Waals surface area contributed by atoms with Gasteiger partial charge in [0.2, 0.25) is 0 Å². The molecule has 0 fully saturated rings. The Balaban J connectivity index is 2.37. The molecule has 5 heteroatoms. The van der Waals surface area contributed by atoms with Crippen LogP contribution in [0, 0.1) is 0 Å². The van der Waals surface area contributed by atoms with Crippen LogP contribution in [0.2, 0.25) is 0 Å². The van der Waals surface area contributed by atoms with E-state index in [0.717, 1.165) is 42.1 Å². The molecule has 0 radical (unpaired) electrons. The summed E-state index contributed by atoms with van der Waals surface area (Å²) in [6, 6.07) is 6.59. The Morgan fingerprint density at radius 1 is 1.38 bits per heavy atom. The number of fused-ring (bicyclic) bond motifs is 1. The topological polar surface area (TPSA) is 30.3 Å².